The van der Waals surface area contributed by atoms with E-state index in [9.17, 15) is 0 Å². The van der Waals surface area contributed by atoms with Crippen molar-refractivity contribution < 1.29 is 4.74 Å². The molecule has 1 aromatic carbocycles. The maximum absolute atomic E-state index is 5.34. The third-order valence-corrected chi connectivity index (χ3v) is 4.60. The molecule has 0 aromatic heterocycles. The first-order valence-electron chi connectivity index (χ1n) is 8.41. The molecule has 1 aliphatic carbocycles. The van der Waals surface area contributed by atoms with Crippen LogP contribution in [0.5, 0.6) is 5.75 Å². The lowest BCUT2D eigenvalue weighted by atomic mass is 9.87. The number of hydrogen-bond acceptors (Lipinski definition) is 3. The zero-order valence-corrected chi connectivity index (χ0v) is 13.8. The molecule has 1 unspecified atom stereocenters. The predicted molar refractivity (Wildman–Crippen MR) is 89.1 cm³/mol. The Hall–Kier alpha value is -1.06. The first-order valence-corrected chi connectivity index (χ1v) is 8.41. The summed E-state index contributed by atoms with van der Waals surface area (Å²) in [6.45, 7) is 9.09. The van der Waals surface area contributed by atoms with Crippen LogP contribution in [0.4, 0.5) is 0 Å². The van der Waals surface area contributed by atoms with Crippen LogP contribution in [-0.4, -0.2) is 38.2 Å². The normalized spacial score (nSPS) is 17.8. The summed E-state index contributed by atoms with van der Waals surface area (Å²) in [6.07, 6.45) is 4.94. The molecule has 118 valence electrons. The van der Waals surface area contributed by atoms with Gasteiger partial charge in [-0.2, -0.15) is 0 Å². The fourth-order valence-electron chi connectivity index (χ4n) is 3.25. The maximum Gasteiger partial charge on any atom is 0.119 e. The summed E-state index contributed by atoms with van der Waals surface area (Å²) in [5, 5.41) is 3.75. The summed E-state index contributed by atoms with van der Waals surface area (Å²) in [5.41, 5.74) is 2.94. The van der Waals surface area contributed by atoms with E-state index in [1.807, 2.05) is 0 Å². The van der Waals surface area contributed by atoms with Gasteiger partial charge in [0.15, 0.2) is 0 Å². The summed E-state index contributed by atoms with van der Waals surface area (Å²) >= 11 is 0. The van der Waals surface area contributed by atoms with Crippen molar-refractivity contribution in [1.29, 1.82) is 0 Å². The molecule has 1 N–H and O–H groups in total. The summed E-state index contributed by atoms with van der Waals surface area (Å²) in [5.74, 6) is 0.982. The molecule has 3 nitrogen and oxygen atoms in total. The smallest absolute Gasteiger partial charge is 0.119 e. The van der Waals surface area contributed by atoms with Crippen molar-refractivity contribution in [3.05, 3.63) is 29.3 Å². The van der Waals surface area contributed by atoms with Crippen molar-refractivity contribution in [1.82, 2.24) is 10.2 Å². The fourth-order valence-corrected chi connectivity index (χ4v) is 3.25. The molecule has 1 aliphatic rings. The Labute approximate surface area is 129 Å². The van der Waals surface area contributed by atoms with Crippen LogP contribution in [0.25, 0.3) is 0 Å². The lowest BCUT2D eigenvalue weighted by Crippen LogP contribution is -2.30. The minimum atomic E-state index is 0.524. The quantitative estimate of drug-likeness (QED) is 0.743. The van der Waals surface area contributed by atoms with Gasteiger partial charge in [-0.15, -0.1) is 0 Å². The van der Waals surface area contributed by atoms with Gasteiger partial charge in [-0.1, -0.05) is 19.9 Å². The topological polar surface area (TPSA) is 24.5 Å². The third-order valence-electron chi connectivity index (χ3n) is 4.60. The Morgan fingerprint density at radius 1 is 1.29 bits per heavy atom. The van der Waals surface area contributed by atoms with E-state index in [1.54, 1.807) is 7.11 Å². The molecular weight excluding hydrogens is 260 g/mol. The first-order chi connectivity index (χ1) is 10.3. The number of aryl methyl sites for hydroxylation is 1. The lowest BCUT2D eigenvalue weighted by molar-refractivity contribution is 0.294. The molecular formula is C18H30N2O. The van der Waals surface area contributed by atoms with Crippen LogP contribution in [0.15, 0.2) is 18.2 Å². The standard InChI is InChI=1S/C18H30N2O/c1-4-20(5-2)13-7-12-19-18-9-6-8-15-14-16(21-3)10-11-17(15)18/h10-11,14,18-19H,4-9,12-13H2,1-3H3. The van der Waals surface area contributed by atoms with Gasteiger partial charge in [0.2, 0.25) is 0 Å². The molecule has 0 bridgehead atoms. The molecule has 1 atom stereocenters. The number of fused-ring (bicyclic) bond motifs is 1. The average molecular weight is 290 g/mol. The average Bonchev–Trinajstić information content (AvgIpc) is 2.54. The second-order valence-electron chi connectivity index (χ2n) is 5.84. The van der Waals surface area contributed by atoms with Gasteiger partial charge in [0.1, 0.15) is 5.75 Å². The van der Waals surface area contributed by atoms with Gasteiger partial charge in [-0.3, -0.25) is 0 Å². The number of nitrogens with one attached hydrogen (secondary N) is 1. The molecule has 21 heavy (non-hydrogen) atoms. The molecule has 0 radical (unpaired) electrons. The molecule has 1 aromatic rings. The van der Waals surface area contributed by atoms with Gasteiger partial charge in [-0.05, 0) is 75.1 Å². The first kappa shape index (κ1) is 16.3. The Morgan fingerprint density at radius 3 is 2.81 bits per heavy atom. The fraction of sp³-hybridized carbons (Fsp3) is 0.667. The van der Waals surface area contributed by atoms with Crippen LogP contribution in [0, 0.1) is 0 Å². The highest BCUT2D eigenvalue weighted by molar-refractivity contribution is 5.39. The minimum absolute atomic E-state index is 0.524. The second kappa shape index (κ2) is 8.40. The van der Waals surface area contributed by atoms with Gasteiger partial charge < -0.3 is 15.0 Å². The zero-order chi connectivity index (χ0) is 15.1. The highest BCUT2D eigenvalue weighted by Crippen LogP contribution is 2.32. The molecule has 2 rings (SSSR count). The largest absolute Gasteiger partial charge is 0.497 e. The van der Waals surface area contributed by atoms with E-state index in [4.69, 9.17) is 4.74 Å². The molecule has 0 saturated carbocycles. The number of nitrogens with zero attached hydrogens (tertiary/aromatic N) is 1. The number of rotatable bonds is 8. The number of benzene rings is 1. The highest BCUT2D eigenvalue weighted by Gasteiger charge is 2.19. The van der Waals surface area contributed by atoms with Gasteiger partial charge in [0.25, 0.3) is 0 Å². The van der Waals surface area contributed by atoms with Crippen molar-refractivity contribution in [3.63, 3.8) is 0 Å². The monoisotopic (exact) mass is 290 g/mol. The molecule has 0 saturated heterocycles. The van der Waals surface area contributed by atoms with E-state index in [-0.39, 0.29) is 0 Å². The summed E-state index contributed by atoms with van der Waals surface area (Å²) < 4.78 is 5.34. The molecule has 0 fully saturated rings. The minimum Gasteiger partial charge on any atom is -0.497 e. The van der Waals surface area contributed by atoms with Crippen molar-refractivity contribution in [2.45, 2.75) is 45.6 Å². The van der Waals surface area contributed by atoms with Crippen LogP contribution in [0.2, 0.25) is 0 Å². The van der Waals surface area contributed by atoms with E-state index in [1.165, 1.54) is 43.4 Å². The van der Waals surface area contributed by atoms with E-state index in [0.717, 1.165) is 25.4 Å². The van der Waals surface area contributed by atoms with Crippen LogP contribution in [-0.2, 0) is 6.42 Å². The zero-order valence-electron chi connectivity index (χ0n) is 13.8. The Balaban J connectivity index is 1.86. The van der Waals surface area contributed by atoms with Crippen molar-refractivity contribution in [2.24, 2.45) is 0 Å². The van der Waals surface area contributed by atoms with E-state index in [0.29, 0.717) is 6.04 Å². The second-order valence-corrected chi connectivity index (χ2v) is 5.84. The van der Waals surface area contributed by atoms with Gasteiger partial charge in [-0.25, -0.2) is 0 Å². The summed E-state index contributed by atoms with van der Waals surface area (Å²) in [7, 11) is 1.74. The molecule has 0 spiro atoms. The Morgan fingerprint density at radius 2 is 2.10 bits per heavy atom. The van der Waals surface area contributed by atoms with Crippen LogP contribution >= 0.6 is 0 Å². The summed E-state index contributed by atoms with van der Waals surface area (Å²) in [6, 6.07) is 7.07. The lowest BCUT2D eigenvalue weighted by Gasteiger charge is -2.27. The van der Waals surface area contributed by atoms with E-state index < -0.39 is 0 Å². The molecule has 3 heteroatoms. The number of methoxy groups -OCH3 is 1. The van der Waals surface area contributed by atoms with E-state index >= 15 is 0 Å². The Bertz CT molecular complexity index is 429. The number of hydrogen-bond donors (Lipinski definition) is 1. The number of ether oxygens (including phenoxy) is 1. The molecule has 0 amide bonds. The van der Waals surface area contributed by atoms with E-state index in [2.05, 4.69) is 42.3 Å². The van der Waals surface area contributed by atoms with Crippen molar-refractivity contribution in [3.8, 4) is 5.75 Å². The van der Waals surface area contributed by atoms with Crippen LogP contribution < -0.4 is 10.1 Å². The molecule has 0 aliphatic heterocycles. The summed E-state index contributed by atoms with van der Waals surface area (Å²) in [4.78, 5) is 2.49. The van der Waals surface area contributed by atoms with Gasteiger partial charge in [0, 0.05) is 6.04 Å². The van der Waals surface area contributed by atoms with Crippen molar-refractivity contribution in [2.75, 3.05) is 33.3 Å². The van der Waals surface area contributed by atoms with Gasteiger partial charge in [0.05, 0.1) is 7.11 Å². The molecule has 0 heterocycles. The Kier molecular flexibility index (Phi) is 6.52. The van der Waals surface area contributed by atoms with Gasteiger partial charge >= 0.3 is 0 Å². The van der Waals surface area contributed by atoms with Crippen LogP contribution in [0.3, 0.4) is 0 Å². The SMILES string of the molecule is CCN(CC)CCCNC1CCCc2cc(OC)ccc21. The van der Waals surface area contributed by atoms with Crippen LogP contribution in [0.1, 0.15) is 50.3 Å². The highest BCUT2D eigenvalue weighted by atomic mass is 16.5. The maximum atomic E-state index is 5.34. The third kappa shape index (κ3) is 4.45. The predicted octanol–water partition coefficient (Wildman–Crippen LogP) is 3.39. The van der Waals surface area contributed by atoms with Crippen molar-refractivity contribution >= 4 is 0 Å².